The van der Waals surface area contributed by atoms with Crippen LogP contribution in [0.25, 0.3) is 0 Å². The maximum atomic E-state index is 13.2. The van der Waals surface area contributed by atoms with Crippen molar-refractivity contribution in [3.63, 3.8) is 0 Å². The molecule has 1 aliphatic heterocycles. The van der Waals surface area contributed by atoms with Gasteiger partial charge in [-0.3, -0.25) is 14.6 Å². The van der Waals surface area contributed by atoms with Crippen LogP contribution in [0.3, 0.4) is 0 Å². The molecule has 2 aromatic rings. The highest BCUT2D eigenvalue weighted by Crippen LogP contribution is 2.43. The number of rotatable bonds is 3. The predicted molar refractivity (Wildman–Crippen MR) is 110 cm³/mol. The van der Waals surface area contributed by atoms with Crippen molar-refractivity contribution in [3.8, 4) is 0 Å². The molecule has 1 saturated heterocycles. The third kappa shape index (κ3) is 3.41. The normalized spacial score (nSPS) is 20.9. The predicted octanol–water partition coefficient (Wildman–Crippen LogP) is 1.87. The Morgan fingerprint density at radius 2 is 2.07 bits per heavy atom. The quantitative estimate of drug-likeness (QED) is 0.851. The SMILES string of the molecule is CC(C)c1nccc(C(=O)N2CCCC3(CCc4c3nc(N(C)C)[nH]c4=O)C2)n1. The fourth-order valence-electron chi connectivity index (χ4n) is 4.49. The molecule has 4 rings (SSSR count). The molecule has 1 spiro atoms. The summed E-state index contributed by atoms with van der Waals surface area (Å²) in [5, 5.41) is 0. The van der Waals surface area contributed by atoms with Crippen molar-refractivity contribution in [2.75, 3.05) is 32.1 Å². The van der Waals surface area contributed by atoms with Gasteiger partial charge in [0, 0.05) is 50.3 Å². The second kappa shape index (κ2) is 7.24. The summed E-state index contributed by atoms with van der Waals surface area (Å²) >= 11 is 0. The topological polar surface area (TPSA) is 95.1 Å². The zero-order valence-electron chi connectivity index (χ0n) is 17.5. The number of piperidine rings is 1. The van der Waals surface area contributed by atoms with Gasteiger partial charge in [-0.1, -0.05) is 13.8 Å². The monoisotopic (exact) mass is 396 g/mol. The van der Waals surface area contributed by atoms with E-state index in [1.807, 2.05) is 37.7 Å². The first-order chi connectivity index (χ1) is 13.8. The molecule has 0 bridgehead atoms. The molecule has 8 heteroatoms. The fourth-order valence-corrected chi connectivity index (χ4v) is 4.49. The Morgan fingerprint density at radius 3 is 2.79 bits per heavy atom. The van der Waals surface area contributed by atoms with E-state index in [-0.39, 0.29) is 22.8 Å². The number of nitrogens with zero attached hydrogens (tertiary/aromatic N) is 5. The van der Waals surface area contributed by atoms with Crippen LogP contribution in [0.2, 0.25) is 0 Å². The first-order valence-corrected chi connectivity index (χ1v) is 10.2. The molecule has 3 heterocycles. The largest absolute Gasteiger partial charge is 0.348 e. The average Bonchev–Trinajstić information content (AvgIpc) is 3.05. The van der Waals surface area contributed by atoms with Crippen LogP contribution in [0.1, 0.15) is 66.6 Å². The molecule has 1 atom stereocenters. The number of nitrogens with one attached hydrogen (secondary N) is 1. The van der Waals surface area contributed by atoms with Gasteiger partial charge < -0.3 is 9.80 Å². The number of H-pyrrole nitrogens is 1. The maximum Gasteiger partial charge on any atom is 0.272 e. The third-order valence-corrected chi connectivity index (χ3v) is 6.06. The molecule has 1 unspecified atom stereocenters. The Bertz CT molecular complexity index is 999. The Kier molecular flexibility index (Phi) is 4.88. The number of amides is 1. The second-order valence-electron chi connectivity index (χ2n) is 8.68. The molecular weight excluding hydrogens is 368 g/mol. The van der Waals surface area contributed by atoms with E-state index in [4.69, 9.17) is 4.98 Å². The molecule has 1 N–H and O–H groups in total. The van der Waals surface area contributed by atoms with E-state index >= 15 is 0 Å². The Hall–Kier alpha value is -2.77. The molecular formula is C21H28N6O2. The van der Waals surface area contributed by atoms with Crippen LogP contribution >= 0.6 is 0 Å². The van der Waals surface area contributed by atoms with Gasteiger partial charge in [-0.15, -0.1) is 0 Å². The maximum absolute atomic E-state index is 13.2. The van der Waals surface area contributed by atoms with Gasteiger partial charge in [-0.25, -0.2) is 15.0 Å². The highest BCUT2D eigenvalue weighted by Gasteiger charge is 2.46. The van der Waals surface area contributed by atoms with Crippen molar-refractivity contribution in [2.24, 2.45) is 0 Å². The fraction of sp³-hybridized carbons (Fsp3) is 0.571. The number of aromatic amines is 1. The molecule has 1 aliphatic carbocycles. The van der Waals surface area contributed by atoms with Crippen molar-refractivity contribution in [3.05, 3.63) is 45.4 Å². The minimum atomic E-state index is -0.254. The summed E-state index contributed by atoms with van der Waals surface area (Å²) < 4.78 is 0. The van der Waals surface area contributed by atoms with Crippen LogP contribution < -0.4 is 10.5 Å². The van der Waals surface area contributed by atoms with Crippen LogP contribution in [0.4, 0.5) is 5.95 Å². The minimum Gasteiger partial charge on any atom is -0.348 e. The lowest BCUT2D eigenvalue weighted by Gasteiger charge is -2.40. The first kappa shape index (κ1) is 19.5. The molecule has 154 valence electrons. The zero-order valence-corrected chi connectivity index (χ0v) is 17.5. The number of fused-ring (bicyclic) bond motifs is 2. The van der Waals surface area contributed by atoms with Crippen LogP contribution in [-0.4, -0.2) is 57.9 Å². The number of likely N-dealkylation sites (tertiary alicyclic amines) is 1. The molecule has 0 aromatic carbocycles. The highest BCUT2D eigenvalue weighted by molar-refractivity contribution is 5.92. The molecule has 29 heavy (non-hydrogen) atoms. The summed E-state index contributed by atoms with van der Waals surface area (Å²) in [6, 6.07) is 1.69. The summed E-state index contributed by atoms with van der Waals surface area (Å²) in [6.07, 6.45) is 5.04. The minimum absolute atomic E-state index is 0.0589. The Labute approximate surface area is 170 Å². The van der Waals surface area contributed by atoms with Gasteiger partial charge in [0.15, 0.2) is 0 Å². The summed E-state index contributed by atoms with van der Waals surface area (Å²) in [5.74, 6) is 1.34. The van der Waals surface area contributed by atoms with E-state index in [0.29, 0.717) is 37.0 Å². The third-order valence-electron chi connectivity index (χ3n) is 6.06. The standard InChI is InChI=1S/C21H28N6O2/c1-13(2)17-22-10-7-15(23-17)19(29)27-11-5-8-21(12-27)9-6-14-16(21)24-20(26(3)4)25-18(14)28/h7,10,13H,5-6,8-9,11-12H2,1-4H3,(H,24,25,28). The molecule has 1 amide bonds. The number of hydrogen-bond acceptors (Lipinski definition) is 6. The zero-order chi connectivity index (χ0) is 20.8. The Balaban J connectivity index is 1.66. The average molecular weight is 396 g/mol. The van der Waals surface area contributed by atoms with Crippen LogP contribution in [0.15, 0.2) is 17.1 Å². The molecule has 8 nitrogen and oxygen atoms in total. The van der Waals surface area contributed by atoms with Crippen molar-refractivity contribution >= 4 is 11.9 Å². The lowest BCUT2D eigenvalue weighted by atomic mass is 9.77. The molecule has 2 aromatic heterocycles. The summed E-state index contributed by atoms with van der Waals surface area (Å²) in [4.78, 5) is 45.9. The molecule has 1 fully saturated rings. The Morgan fingerprint density at radius 1 is 1.28 bits per heavy atom. The van der Waals surface area contributed by atoms with E-state index in [1.165, 1.54) is 0 Å². The van der Waals surface area contributed by atoms with Crippen molar-refractivity contribution in [1.82, 2.24) is 24.8 Å². The summed E-state index contributed by atoms with van der Waals surface area (Å²) in [5.41, 5.74) is 1.76. The van der Waals surface area contributed by atoms with E-state index in [9.17, 15) is 9.59 Å². The number of anilines is 1. The summed E-state index contributed by atoms with van der Waals surface area (Å²) in [7, 11) is 3.73. The number of carbonyl (C=O) groups excluding carboxylic acids is 1. The lowest BCUT2D eigenvalue weighted by molar-refractivity contribution is 0.0627. The van der Waals surface area contributed by atoms with Crippen molar-refractivity contribution in [1.29, 1.82) is 0 Å². The molecule has 0 radical (unpaired) electrons. The molecule has 2 aliphatic rings. The van der Waals surface area contributed by atoms with E-state index in [1.54, 1.807) is 12.3 Å². The number of hydrogen-bond donors (Lipinski definition) is 1. The van der Waals surface area contributed by atoms with E-state index in [2.05, 4.69) is 15.0 Å². The van der Waals surface area contributed by atoms with Crippen molar-refractivity contribution < 1.29 is 4.79 Å². The second-order valence-corrected chi connectivity index (χ2v) is 8.68. The van der Waals surface area contributed by atoms with Gasteiger partial charge in [-0.05, 0) is 31.7 Å². The van der Waals surface area contributed by atoms with Gasteiger partial charge in [0.05, 0.1) is 5.69 Å². The van der Waals surface area contributed by atoms with Crippen LogP contribution in [0.5, 0.6) is 0 Å². The van der Waals surface area contributed by atoms with Gasteiger partial charge in [0.25, 0.3) is 11.5 Å². The smallest absolute Gasteiger partial charge is 0.272 e. The van der Waals surface area contributed by atoms with E-state index < -0.39 is 0 Å². The number of aromatic nitrogens is 4. The van der Waals surface area contributed by atoms with Crippen molar-refractivity contribution in [2.45, 2.75) is 50.9 Å². The first-order valence-electron chi connectivity index (χ1n) is 10.2. The number of carbonyl (C=O) groups is 1. The van der Waals surface area contributed by atoms with E-state index in [0.717, 1.165) is 30.5 Å². The van der Waals surface area contributed by atoms with Crippen LogP contribution in [0, 0.1) is 0 Å². The van der Waals surface area contributed by atoms with Crippen LogP contribution in [-0.2, 0) is 11.8 Å². The van der Waals surface area contributed by atoms with Gasteiger partial charge in [0.1, 0.15) is 11.5 Å². The summed E-state index contributed by atoms with van der Waals surface area (Å²) in [6.45, 7) is 5.30. The molecule has 0 saturated carbocycles. The van der Waals surface area contributed by atoms with Gasteiger partial charge in [0.2, 0.25) is 5.95 Å². The van der Waals surface area contributed by atoms with Gasteiger partial charge >= 0.3 is 0 Å². The van der Waals surface area contributed by atoms with Gasteiger partial charge in [-0.2, -0.15) is 0 Å². The highest BCUT2D eigenvalue weighted by atomic mass is 16.2. The lowest BCUT2D eigenvalue weighted by Crippen LogP contribution is -2.48.